The molecule has 1 aliphatic heterocycles. The van der Waals surface area contributed by atoms with E-state index in [1.54, 1.807) is 0 Å². The van der Waals surface area contributed by atoms with Crippen LogP contribution in [-0.4, -0.2) is 24.5 Å². The first kappa shape index (κ1) is 14.1. The minimum Gasteiger partial charge on any atom is -0.330 e. The number of likely N-dealkylation sites (tertiary alicyclic amines) is 1. The molecule has 0 bridgehead atoms. The SMILES string of the molecule is CCN1CCCCC(CN)C1c1ccc(C2CC2)cc1. The maximum absolute atomic E-state index is 6.08. The number of rotatable bonds is 4. The lowest BCUT2D eigenvalue weighted by molar-refractivity contribution is 0.166. The molecule has 2 heteroatoms. The predicted molar refractivity (Wildman–Crippen MR) is 84.8 cm³/mol. The maximum Gasteiger partial charge on any atom is 0.0388 e. The molecule has 2 unspecified atom stereocenters. The van der Waals surface area contributed by atoms with Crippen LogP contribution in [0.2, 0.25) is 0 Å². The molecule has 0 spiro atoms. The molecule has 1 saturated heterocycles. The average Bonchev–Trinajstić information content (AvgIpc) is 3.33. The lowest BCUT2D eigenvalue weighted by Crippen LogP contribution is -2.35. The molecule has 1 aliphatic carbocycles. The number of nitrogens with zero attached hydrogens (tertiary/aromatic N) is 1. The Bertz CT molecular complexity index is 408. The van der Waals surface area contributed by atoms with Crippen LogP contribution < -0.4 is 5.73 Å². The van der Waals surface area contributed by atoms with Crippen molar-refractivity contribution in [3.63, 3.8) is 0 Å². The first-order valence-electron chi connectivity index (χ1n) is 8.37. The third-order valence-corrected chi connectivity index (χ3v) is 5.15. The third-order valence-electron chi connectivity index (χ3n) is 5.15. The van der Waals surface area contributed by atoms with E-state index in [9.17, 15) is 0 Å². The molecule has 1 aromatic rings. The Morgan fingerprint density at radius 3 is 2.35 bits per heavy atom. The first-order chi connectivity index (χ1) is 9.83. The summed E-state index contributed by atoms with van der Waals surface area (Å²) >= 11 is 0. The van der Waals surface area contributed by atoms with Gasteiger partial charge in [0, 0.05) is 6.04 Å². The van der Waals surface area contributed by atoms with Crippen LogP contribution in [0.5, 0.6) is 0 Å². The van der Waals surface area contributed by atoms with Crippen molar-refractivity contribution in [1.29, 1.82) is 0 Å². The number of hydrogen-bond acceptors (Lipinski definition) is 2. The van der Waals surface area contributed by atoms with E-state index >= 15 is 0 Å². The van der Waals surface area contributed by atoms with E-state index in [0.29, 0.717) is 12.0 Å². The van der Waals surface area contributed by atoms with Crippen LogP contribution in [0, 0.1) is 5.92 Å². The van der Waals surface area contributed by atoms with Crippen molar-refractivity contribution in [1.82, 2.24) is 4.90 Å². The Balaban J connectivity index is 1.85. The van der Waals surface area contributed by atoms with Crippen molar-refractivity contribution < 1.29 is 0 Å². The maximum atomic E-state index is 6.08. The van der Waals surface area contributed by atoms with Gasteiger partial charge in [-0.15, -0.1) is 0 Å². The van der Waals surface area contributed by atoms with Crippen LogP contribution in [0.25, 0.3) is 0 Å². The van der Waals surface area contributed by atoms with Gasteiger partial charge in [0.15, 0.2) is 0 Å². The van der Waals surface area contributed by atoms with Crippen LogP contribution >= 0.6 is 0 Å². The Hall–Kier alpha value is -0.860. The lowest BCUT2D eigenvalue weighted by atomic mass is 9.88. The van der Waals surface area contributed by atoms with Crippen molar-refractivity contribution in [2.24, 2.45) is 11.7 Å². The van der Waals surface area contributed by atoms with Crippen LogP contribution in [-0.2, 0) is 0 Å². The molecule has 1 saturated carbocycles. The smallest absolute Gasteiger partial charge is 0.0388 e. The highest BCUT2D eigenvalue weighted by Crippen LogP contribution is 2.41. The van der Waals surface area contributed by atoms with Gasteiger partial charge in [0.2, 0.25) is 0 Å². The van der Waals surface area contributed by atoms with E-state index in [0.717, 1.165) is 19.0 Å². The highest BCUT2D eigenvalue weighted by Gasteiger charge is 2.30. The topological polar surface area (TPSA) is 29.3 Å². The molecule has 20 heavy (non-hydrogen) atoms. The fourth-order valence-electron chi connectivity index (χ4n) is 3.78. The van der Waals surface area contributed by atoms with E-state index in [2.05, 4.69) is 36.1 Å². The molecule has 1 aromatic carbocycles. The molecular weight excluding hydrogens is 244 g/mol. The summed E-state index contributed by atoms with van der Waals surface area (Å²) in [4.78, 5) is 2.64. The molecule has 0 radical (unpaired) electrons. The Morgan fingerprint density at radius 1 is 1.05 bits per heavy atom. The highest BCUT2D eigenvalue weighted by molar-refractivity contribution is 5.30. The zero-order valence-electron chi connectivity index (χ0n) is 12.7. The largest absolute Gasteiger partial charge is 0.330 e. The standard InChI is InChI=1S/C18H28N2/c1-2-20-12-4-3-5-17(13-19)18(20)16-10-8-15(9-11-16)14-6-7-14/h8-11,14,17-18H,2-7,12-13,19H2,1H3. The second kappa shape index (κ2) is 6.28. The Kier molecular flexibility index (Phi) is 4.42. The molecule has 110 valence electrons. The summed E-state index contributed by atoms with van der Waals surface area (Å²) in [5.41, 5.74) is 9.10. The fourth-order valence-corrected chi connectivity index (χ4v) is 3.78. The van der Waals surface area contributed by atoms with Gasteiger partial charge in [-0.3, -0.25) is 4.90 Å². The van der Waals surface area contributed by atoms with Gasteiger partial charge in [-0.05, 0) is 68.3 Å². The zero-order valence-corrected chi connectivity index (χ0v) is 12.7. The summed E-state index contributed by atoms with van der Waals surface area (Å²) in [6, 6.07) is 9.99. The molecule has 3 rings (SSSR count). The predicted octanol–water partition coefficient (Wildman–Crippen LogP) is 3.69. The molecule has 2 atom stereocenters. The molecule has 2 fully saturated rings. The van der Waals surface area contributed by atoms with E-state index in [4.69, 9.17) is 5.73 Å². The molecular formula is C18H28N2. The Labute approximate surface area is 123 Å². The van der Waals surface area contributed by atoms with Crippen molar-refractivity contribution in [3.05, 3.63) is 35.4 Å². The van der Waals surface area contributed by atoms with Gasteiger partial charge in [0.05, 0.1) is 0 Å². The molecule has 1 heterocycles. The zero-order chi connectivity index (χ0) is 13.9. The van der Waals surface area contributed by atoms with Gasteiger partial charge < -0.3 is 5.73 Å². The number of benzene rings is 1. The highest BCUT2D eigenvalue weighted by atomic mass is 15.2. The van der Waals surface area contributed by atoms with E-state index in [1.165, 1.54) is 49.8 Å². The monoisotopic (exact) mass is 272 g/mol. The van der Waals surface area contributed by atoms with Crippen molar-refractivity contribution in [3.8, 4) is 0 Å². The van der Waals surface area contributed by atoms with Gasteiger partial charge >= 0.3 is 0 Å². The summed E-state index contributed by atoms with van der Waals surface area (Å²) in [5, 5.41) is 0. The van der Waals surface area contributed by atoms with Crippen LogP contribution in [0.4, 0.5) is 0 Å². The van der Waals surface area contributed by atoms with Crippen LogP contribution in [0.15, 0.2) is 24.3 Å². The number of hydrogen-bond donors (Lipinski definition) is 1. The summed E-state index contributed by atoms with van der Waals surface area (Å²) in [6.07, 6.45) is 6.70. The molecule has 2 N–H and O–H groups in total. The Morgan fingerprint density at radius 2 is 1.75 bits per heavy atom. The summed E-state index contributed by atoms with van der Waals surface area (Å²) in [6.45, 7) is 5.45. The number of nitrogens with two attached hydrogens (primary N) is 1. The molecule has 2 aliphatic rings. The van der Waals surface area contributed by atoms with Crippen molar-refractivity contribution in [2.45, 2.75) is 51.0 Å². The molecule has 0 amide bonds. The quantitative estimate of drug-likeness (QED) is 0.906. The van der Waals surface area contributed by atoms with Crippen molar-refractivity contribution >= 4 is 0 Å². The summed E-state index contributed by atoms with van der Waals surface area (Å²) < 4.78 is 0. The van der Waals surface area contributed by atoms with E-state index in [-0.39, 0.29) is 0 Å². The van der Waals surface area contributed by atoms with Gasteiger partial charge in [-0.2, -0.15) is 0 Å². The fraction of sp³-hybridized carbons (Fsp3) is 0.667. The van der Waals surface area contributed by atoms with E-state index in [1.807, 2.05) is 0 Å². The van der Waals surface area contributed by atoms with Crippen LogP contribution in [0.1, 0.15) is 62.1 Å². The first-order valence-corrected chi connectivity index (χ1v) is 8.37. The average molecular weight is 272 g/mol. The second-order valence-electron chi connectivity index (χ2n) is 6.51. The molecule has 2 nitrogen and oxygen atoms in total. The van der Waals surface area contributed by atoms with Gasteiger partial charge in [-0.25, -0.2) is 0 Å². The van der Waals surface area contributed by atoms with Gasteiger partial charge in [0.1, 0.15) is 0 Å². The van der Waals surface area contributed by atoms with Crippen molar-refractivity contribution in [2.75, 3.05) is 19.6 Å². The van der Waals surface area contributed by atoms with Gasteiger partial charge in [0.25, 0.3) is 0 Å². The third kappa shape index (κ3) is 2.91. The minimum absolute atomic E-state index is 0.528. The normalized spacial score (nSPS) is 28.3. The lowest BCUT2D eigenvalue weighted by Gasteiger charge is -2.34. The summed E-state index contributed by atoms with van der Waals surface area (Å²) in [5.74, 6) is 1.47. The summed E-state index contributed by atoms with van der Waals surface area (Å²) in [7, 11) is 0. The van der Waals surface area contributed by atoms with Crippen LogP contribution in [0.3, 0.4) is 0 Å². The molecule has 0 aromatic heterocycles. The minimum atomic E-state index is 0.528. The van der Waals surface area contributed by atoms with Gasteiger partial charge in [-0.1, -0.05) is 37.6 Å². The second-order valence-corrected chi connectivity index (χ2v) is 6.51. The van der Waals surface area contributed by atoms with E-state index < -0.39 is 0 Å².